The predicted octanol–water partition coefficient (Wildman–Crippen LogP) is 6.48. The van der Waals surface area contributed by atoms with Crippen molar-refractivity contribution in [2.45, 2.75) is 58.3 Å². The third-order valence-corrected chi connectivity index (χ3v) is 9.53. The van der Waals surface area contributed by atoms with Gasteiger partial charge in [0.25, 0.3) is 0 Å². The highest BCUT2D eigenvalue weighted by Gasteiger charge is 2.49. The first-order chi connectivity index (χ1) is 18.1. The topological polar surface area (TPSA) is 81.6 Å². The van der Waals surface area contributed by atoms with Crippen LogP contribution < -0.4 is 10.2 Å². The summed E-state index contributed by atoms with van der Waals surface area (Å²) in [5.41, 5.74) is 0.412. The molecule has 1 saturated carbocycles. The molecule has 1 aliphatic carbocycles. The standard InChI is InChI=1S/C27H33Cl3FN5O2/c1-15(20-6-5-18(28)8-21(20)29)32-24-23(30)22(11-31)33-26(34-24)36-13-17(14-36)16-4-3-7-35(12-16)19-9-27(2,10-19)25(37)38/h5-6,8,15-17,19H,3-4,7,9-14H2,1-2H3,(H,37,38)(H,32,33,34)/t15-,16+,19?,27?/m1/s1. The monoisotopic (exact) mass is 583 g/mol. The van der Waals surface area contributed by atoms with Crippen LogP contribution in [0.25, 0.3) is 0 Å². The lowest BCUT2D eigenvalue weighted by molar-refractivity contribution is -0.158. The van der Waals surface area contributed by atoms with Gasteiger partial charge >= 0.3 is 5.97 Å². The van der Waals surface area contributed by atoms with Gasteiger partial charge in [0.1, 0.15) is 11.7 Å². The Morgan fingerprint density at radius 3 is 2.61 bits per heavy atom. The van der Waals surface area contributed by atoms with Gasteiger partial charge in [0.15, 0.2) is 5.82 Å². The van der Waals surface area contributed by atoms with Gasteiger partial charge in [0, 0.05) is 35.7 Å². The highest BCUT2D eigenvalue weighted by molar-refractivity contribution is 6.35. The molecule has 1 aromatic heterocycles. The van der Waals surface area contributed by atoms with Gasteiger partial charge in [-0.3, -0.25) is 4.79 Å². The first kappa shape index (κ1) is 27.7. The minimum atomic E-state index is -0.787. The second-order valence-corrected chi connectivity index (χ2v) is 12.5. The van der Waals surface area contributed by atoms with E-state index in [2.05, 4.69) is 25.1 Å². The second-order valence-electron chi connectivity index (χ2n) is 11.3. The van der Waals surface area contributed by atoms with Crippen molar-refractivity contribution >= 4 is 52.5 Å². The fourth-order valence-electron chi connectivity index (χ4n) is 6.09. The lowest BCUT2D eigenvalue weighted by Gasteiger charge is -2.52. The molecule has 206 valence electrons. The molecule has 7 nitrogen and oxygen atoms in total. The van der Waals surface area contributed by atoms with E-state index < -0.39 is 18.1 Å². The average molecular weight is 585 g/mol. The number of carboxylic acid groups (broad SMARTS) is 1. The normalized spacial score (nSPS) is 26.9. The van der Waals surface area contributed by atoms with Gasteiger partial charge < -0.3 is 20.2 Å². The molecule has 11 heteroatoms. The summed E-state index contributed by atoms with van der Waals surface area (Å²) >= 11 is 18.9. The van der Waals surface area contributed by atoms with Crippen LogP contribution in [0.2, 0.25) is 15.1 Å². The Bertz CT molecular complexity index is 1210. The average Bonchev–Trinajstić information content (AvgIpc) is 2.82. The van der Waals surface area contributed by atoms with Gasteiger partial charge in [0.2, 0.25) is 5.95 Å². The van der Waals surface area contributed by atoms with Crippen molar-refractivity contribution in [1.82, 2.24) is 14.9 Å². The molecule has 0 bridgehead atoms. The van der Waals surface area contributed by atoms with Crippen LogP contribution in [0.5, 0.6) is 0 Å². The van der Waals surface area contributed by atoms with E-state index in [1.165, 1.54) is 6.42 Å². The number of aliphatic carboxylic acids is 1. The number of benzene rings is 1. The van der Waals surface area contributed by atoms with Gasteiger partial charge in [-0.25, -0.2) is 9.37 Å². The molecule has 3 aliphatic rings. The number of anilines is 2. The third kappa shape index (κ3) is 5.42. The number of carboxylic acids is 1. The van der Waals surface area contributed by atoms with E-state index in [1.807, 2.05) is 19.9 Å². The fraction of sp³-hybridized carbons (Fsp3) is 0.593. The van der Waals surface area contributed by atoms with Crippen LogP contribution in [0.15, 0.2) is 18.2 Å². The summed E-state index contributed by atoms with van der Waals surface area (Å²) < 4.78 is 13.8. The Balaban J connectivity index is 1.23. The number of hydrogen-bond donors (Lipinski definition) is 2. The number of alkyl halides is 1. The summed E-state index contributed by atoms with van der Waals surface area (Å²) in [7, 11) is 0. The molecule has 0 radical (unpaired) electrons. The van der Waals surface area contributed by atoms with Crippen LogP contribution >= 0.6 is 34.8 Å². The lowest BCUT2D eigenvalue weighted by atomic mass is 9.65. The van der Waals surface area contributed by atoms with Gasteiger partial charge in [-0.15, -0.1) is 0 Å². The molecular formula is C27H33Cl3FN5O2. The number of likely N-dealkylation sites (tertiary alicyclic amines) is 1. The van der Waals surface area contributed by atoms with E-state index in [1.54, 1.807) is 12.1 Å². The van der Waals surface area contributed by atoms with Crippen molar-refractivity contribution in [3.8, 4) is 0 Å². The third-order valence-electron chi connectivity index (χ3n) is 8.57. The van der Waals surface area contributed by atoms with Crippen molar-refractivity contribution in [2.75, 3.05) is 36.4 Å². The summed E-state index contributed by atoms with van der Waals surface area (Å²) in [4.78, 5) is 25.1. The Morgan fingerprint density at radius 1 is 1.21 bits per heavy atom. The molecule has 1 aromatic carbocycles. The Kier molecular flexibility index (Phi) is 7.98. The zero-order valence-electron chi connectivity index (χ0n) is 21.6. The number of rotatable bonds is 8. The summed E-state index contributed by atoms with van der Waals surface area (Å²) in [6.45, 7) is 6.65. The minimum Gasteiger partial charge on any atom is -0.481 e. The largest absolute Gasteiger partial charge is 0.481 e. The maximum absolute atomic E-state index is 13.8. The zero-order valence-corrected chi connectivity index (χ0v) is 23.8. The highest BCUT2D eigenvalue weighted by Crippen LogP contribution is 2.45. The molecule has 0 amide bonds. The lowest BCUT2D eigenvalue weighted by Crippen LogP contribution is -2.58. The van der Waals surface area contributed by atoms with E-state index in [-0.39, 0.29) is 16.8 Å². The molecule has 2 N–H and O–H groups in total. The minimum absolute atomic E-state index is 0.160. The van der Waals surface area contributed by atoms with Crippen molar-refractivity contribution in [3.05, 3.63) is 44.5 Å². The van der Waals surface area contributed by atoms with Crippen LogP contribution in [0.4, 0.5) is 16.2 Å². The number of nitrogens with zero attached hydrogens (tertiary/aromatic N) is 4. The van der Waals surface area contributed by atoms with Gasteiger partial charge in [0.05, 0.1) is 17.2 Å². The van der Waals surface area contributed by atoms with Gasteiger partial charge in [-0.05, 0) is 75.6 Å². The van der Waals surface area contributed by atoms with E-state index in [4.69, 9.17) is 34.8 Å². The number of halogens is 4. The molecule has 0 unspecified atom stereocenters. The summed E-state index contributed by atoms with van der Waals surface area (Å²) in [6, 6.07) is 5.42. The summed E-state index contributed by atoms with van der Waals surface area (Å²) in [6.07, 6.45) is 3.75. The predicted molar refractivity (Wildman–Crippen MR) is 149 cm³/mol. The van der Waals surface area contributed by atoms with Crippen LogP contribution in [-0.4, -0.2) is 58.2 Å². The number of aromatic nitrogens is 2. The Morgan fingerprint density at radius 2 is 1.95 bits per heavy atom. The first-order valence-corrected chi connectivity index (χ1v) is 14.3. The van der Waals surface area contributed by atoms with Gasteiger partial charge in [-0.2, -0.15) is 4.98 Å². The molecular weight excluding hydrogens is 552 g/mol. The molecule has 3 fully saturated rings. The summed E-state index contributed by atoms with van der Waals surface area (Å²) in [5.74, 6) is 1.21. The Labute approximate surface area is 237 Å². The van der Waals surface area contributed by atoms with Crippen molar-refractivity contribution < 1.29 is 14.3 Å². The molecule has 2 aliphatic heterocycles. The number of hydrogen-bond acceptors (Lipinski definition) is 6. The second kappa shape index (κ2) is 11.0. The molecule has 2 saturated heterocycles. The van der Waals surface area contributed by atoms with Crippen LogP contribution in [0, 0.1) is 17.3 Å². The zero-order chi connectivity index (χ0) is 27.2. The smallest absolute Gasteiger partial charge is 0.309 e. The van der Waals surface area contributed by atoms with E-state index in [0.29, 0.717) is 39.7 Å². The molecule has 3 heterocycles. The van der Waals surface area contributed by atoms with E-state index in [0.717, 1.165) is 51.0 Å². The SMILES string of the molecule is C[C@@H](Nc1nc(N2CC([C@H]3CCCN(C4CC(C)(C(=O)O)C4)C3)C2)nc(CF)c1Cl)c1ccc(Cl)cc1Cl. The first-order valence-electron chi connectivity index (χ1n) is 13.1. The van der Waals surface area contributed by atoms with Crippen molar-refractivity contribution in [2.24, 2.45) is 17.3 Å². The molecule has 2 aromatic rings. The molecule has 2 atom stereocenters. The molecule has 38 heavy (non-hydrogen) atoms. The fourth-order valence-corrected chi connectivity index (χ4v) is 6.85. The Hall–Kier alpha value is -1.87. The summed E-state index contributed by atoms with van der Waals surface area (Å²) in [5, 5.41) is 14.0. The maximum Gasteiger partial charge on any atom is 0.309 e. The number of piperidine rings is 1. The maximum atomic E-state index is 13.8. The van der Waals surface area contributed by atoms with Crippen LogP contribution in [-0.2, 0) is 11.5 Å². The van der Waals surface area contributed by atoms with Crippen LogP contribution in [0.3, 0.4) is 0 Å². The van der Waals surface area contributed by atoms with E-state index in [9.17, 15) is 14.3 Å². The molecule has 0 spiro atoms. The van der Waals surface area contributed by atoms with Crippen molar-refractivity contribution in [3.63, 3.8) is 0 Å². The van der Waals surface area contributed by atoms with Gasteiger partial charge in [-0.1, -0.05) is 40.9 Å². The number of carbonyl (C=O) groups is 1. The van der Waals surface area contributed by atoms with Crippen LogP contribution in [0.1, 0.15) is 56.8 Å². The number of nitrogens with one attached hydrogen (secondary N) is 1. The quantitative estimate of drug-likeness (QED) is 0.367. The van der Waals surface area contributed by atoms with Crippen molar-refractivity contribution in [1.29, 1.82) is 0 Å². The molecule has 5 rings (SSSR count). The van der Waals surface area contributed by atoms with E-state index >= 15 is 0 Å². The highest BCUT2D eigenvalue weighted by atomic mass is 35.5.